The molecular weight excluding hydrogens is 372 g/mol. The van der Waals surface area contributed by atoms with Crippen LogP contribution in [0.5, 0.6) is 0 Å². The van der Waals surface area contributed by atoms with E-state index in [9.17, 15) is 4.79 Å². The predicted molar refractivity (Wildman–Crippen MR) is 98.1 cm³/mol. The van der Waals surface area contributed by atoms with Crippen LogP contribution in [-0.4, -0.2) is 41.3 Å². The summed E-state index contributed by atoms with van der Waals surface area (Å²) in [5, 5.41) is 2.98. The van der Waals surface area contributed by atoms with E-state index in [2.05, 4.69) is 36.1 Å². The number of halogens is 1. The van der Waals surface area contributed by atoms with Gasteiger partial charge in [0.2, 0.25) is 0 Å². The number of carbonyl (C=O) groups is 1. The van der Waals surface area contributed by atoms with Crippen LogP contribution in [0.2, 0.25) is 0 Å². The second-order valence-electron chi connectivity index (χ2n) is 7.44. The molecule has 0 bridgehead atoms. The van der Waals surface area contributed by atoms with Gasteiger partial charge in [0.05, 0.1) is 12.4 Å². The molecule has 1 fully saturated rings. The van der Waals surface area contributed by atoms with Crippen molar-refractivity contribution < 1.29 is 9.53 Å². The molecule has 1 amide bonds. The zero-order valence-electron chi connectivity index (χ0n) is 14.9. The maximum Gasteiger partial charge on any atom is 0.407 e. The van der Waals surface area contributed by atoms with Gasteiger partial charge in [-0.1, -0.05) is 0 Å². The van der Waals surface area contributed by atoms with Crippen molar-refractivity contribution in [1.29, 1.82) is 0 Å². The number of ether oxygens (including phenoxy) is 1. The van der Waals surface area contributed by atoms with E-state index < -0.39 is 5.60 Å². The Morgan fingerprint density at radius 2 is 1.96 bits per heavy atom. The van der Waals surface area contributed by atoms with E-state index in [1.54, 1.807) is 12.4 Å². The van der Waals surface area contributed by atoms with E-state index in [4.69, 9.17) is 4.74 Å². The predicted octanol–water partition coefficient (Wildman–Crippen LogP) is 3.76. The Hall–Kier alpha value is -1.37. The van der Waals surface area contributed by atoms with Crippen LogP contribution >= 0.6 is 15.9 Å². The second-order valence-corrected chi connectivity index (χ2v) is 8.25. The van der Waals surface area contributed by atoms with Crippen molar-refractivity contribution in [3.8, 4) is 0 Å². The topological polar surface area (TPSA) is 67.4 Å². The van der Waals surface area contributed by atoms with E-state index in [-0.39, 0.29) is 12.1 Å². The van der Waals surface area contributed by atoms with Crippen molar-refractivity contribution in [2.45, 2.75) is 58.1 Å². The minimum atomic E-state index is -0.449. The molecule has 1 saturated carbocycles. The smallest absolute Gasteiger partial charge is 0.407 e. The minimum Gasteiger partial charge on any atom is -0.444 e. The summed E-state index contributed by atoms with van der Waals surface area (Å²) in [7, 11) is 2.04. The number of carbonyl (C=O) groups excluding carboxylic acids is 1. The van der Waals surface area contributed by atoms with E-state index >= 15 is 0 Å². The third-order valence-corrected chi connectivity index (χ3v) is 4.51. The summed E-state index contributed by atoms with van der Waals surface area (Å²) in [5.74, 6) is 1.49. The van der Waals surface area contributed by atoms with E-state index in [0.29, 0.717) is 5.92 Å². The lowest BCUT2D eigenvalue weighted by Gasteiger charge is -2.32. The summed E-state index contributed by atoms with van der Waals surface area (Å²) in [4.78, 5) is 22.6. The highest BCUT2D eigenvalue weighted by Crippen LogP contribution is 2.26. The van der Waals surface area contributed by atoms with Crippen molar-refractivity contribution in [2.24, 2.45) is 5.92 Å². The van der Waals surface area contributed by atoms with Crippen molar-refractivity contribution in [3.63, 3.8) is 0 Å². The summed E-state index contributed by atoms with van der Waals surface area (Å²) in [6, 6.07) is 0.217. The highest BCUT2D eigenvalue weighted by atomic mass is 79.9. The first-order valence-corrected chi connectivity index (χ1v) is 9.20. The Balaban J connectivity index is 1.74. The maximum atomic E-state index is 11.8. The molecule has 134 valence electrons. The molecule has 1 aromatic heterocycles. The van der Waals surface area contributed by atoms with E-state index in [1.807, 2.05) is 27.8 Å². The molecule has 2 rings (SSSR count). The van der Waals surface area contributed by atoms with Crippen LogP contribution in [0.4, 0.5) is 10.6 Å². The van der Waals surface area contributed by atoms with Gasteiger partial charge in [-0.25, -0.2) is 14.8 Å². The molecule has 0 aromatic carbocycles. The second kappa shape index (κ2) is 8.14. The molecule has 7 heteroatoms. The normalized spacial score (nSPS) is 21.2. The highest BCUT2D eigenvalue weighted by molar-refractivity contribution is 9.10. The Morgan fingerprint density at radius 1 is 1.29 bits per heavy atom. The first-order valence-electron chi connectivity index (χ1n) is 8.41. The third kappa shape index (κ3) is 6.26. The van der Waals surface area contributed by atoms with Crippen LogP contribution in [-0.2, 0) is 4.74 Å². The summed E-state index contributed by atoms with van der Waals surface area (Å²) in [6.07, 6.45) is 7.35. The number of aromatic nitrogens is 2. The lowest BCUT2D eigenvalue weighted by atomic mass is 9.86. The van der Waals surface area contributed by atoms with Gasteiger partial charge in [-0.05, 0) is 68.3 Å². The molecule has 6 nitrogen and oxygen atoms in total. The molecule has 0 spiro atoms. The molecule has 1 aliphatic carbocycles. The number of nitrogens with zero attached hydrogens (tertiary/aromatic N) is 3. The summed E-state index contributed by atoms with van der Waals surface area (Å²) < 4.78 is 6.07. The SMILES string of the molecule is CN(C[C@H]1CC[C@H](NC(=O)OC(C)(C)C)CC1)c1cnc(Br)cn1. The standard InChI is InChI=1S/C17H27BrN4O2/c1-17(2,3)24-16(23)21-13-7-5-12(6-8-13)11-22(4)15-10-19-14(18)9-20-15/h9-10,12-13H,5-8,11H2,1-4H3,(H,21,23)/t12-,13-. The van der Waals surface area contributed by atoms with Gasteiger partial charge in [-0.2, -0.15) is 0 Å². The third-order valence-electron chi connectivity index (χ3n) is 4.10. The number of hydrogen-bond donors (Lipinski definition) is 1. The van der Waals surface area contributed by atoms with Crippen LogP contribution < -0.4 is 10.2 Å². The maximum absolute atomic E-state index is 11.8. The Kier molecular flexibility index (Phi) is 6.43. The molecule has 0 saturated heterocycles. The Bertz CT molecular complexity index is 537. The van der Waals surface area contributed by atoms with E-state index in [1.165, 1.54) is 0 Å². The van der Waals surface area contributed by atoms with Gasteiger partial charge >= 0.3 is 6.09 Å². The fourth-order valence-electron chi connectivity index (χ4n) is 2.95. The molecule has 0 unspecified atom stereocenters. The quantitative estimate of drug-likeness (QED) is 0.835. The van der Waals surface area contributed by atoms with Crippen molar-refractivity contribution in [2.75, 3.05) is 18.5 Å². The van der Waals surface area contributed by atoms with Crippen LogP contribution in [0.3, 0.4) is 0 Å². The van der Waals surface area contributed by atoms with E-state index in [0.717, 1.165) is 42.6 Å². The molecule has 1 N–H and O–H groups in total. The zero-order valence-corrected chi connectivity index (χ0v) is 16.5. The van der Waals surface area contributed by atoms with Crippen molar-refractivity contribution in [3.05, 3.63) is 17.0 Å². The molecule has 0 atom stereocenters. The number of alkyl carbamates (subject to hydrolysis) is 1. The van der Waals surface area contributed by atoms with Gasteiger partial charge in [-0.15, -0.1) is 0 Å². The van der Waals surface area contributed by atoms with Crippen LogP contribution in [0.1, 0.15) is 46.5 Å². The lowest BCUT2D eigenvalue weighted by molar-refractivity contribution is 0.0488. The fraction of sp³-hybridized carbons (Fsp3) is 0.706. The summed E-state index contributed by atoms with van der Waals surface area (Å²) in [6.45, 7) is 6.59. The largest absolute Gasteiger partial charge is 0.444 e. The van der Waals surface area contributed by atoms with Crippen LogP contribution in [0.25, 0.3) is 0 Å². The number of hydrogen-bond acceptors (Lipinski definition) is 5. The zero-order chi connectivity index (χ0) is 17.7. The highest BCUT2D eigenvalue weighted by Gasteiger charge is 2.25. The average Bonchev–Trinajstić information content (AvgIpc) is 2.48. The monoisotopic (exact) mass is 398 g/mol. The fourth-order valence-corrected chi connectivity index (χ4v) is 3.15. The first-order chi connectivity index (χ1) is 11.2. The first kappa shape index (κ1) is 19.0. The summed E-state index contributed by atoms with van der Waals surface area (Å²) >= 11 is 3.30. The average molecular weight is 399 g/mol. The van der Waals surface area contributed by atoms with Gasteiger partial charge in [0, 0.05) is 19.6 Å². The van der Waals surface area contributed by atoms with Gasteiger partial charge in [0.15, 0.2) is 0 Å². The van der Waals surface area contributed by atoms with Crippen LogP contribution in [0.15, 0.2) is 17.0 Å². The molecule has 1 heterocycles. The van der Waals surface area contributed by atoms with Gasteiger partial charge in [-0.3, -0.25) is 0 Å². The Labute approximate surface area is 152 Å². The number of nitrogens with one attached hydrogen (secondary N) is 1. The molecule has 1 aliphatic rings. The number of anilines is 1. The van der Waals surface area contributed by atoms with Gasteiger partial charge in [0.25, 0.3) is 0 Å². The Morgan fingerprint density at radius 3 is 2.50 bits per heavy atom. The van der Waals surface area contributed by atoms with Crippen LogP contribution in [0, 0.1) is 5.92 Å². The van der Waals surface area contributed by atoms with Crippen molar-refractivity contribution in [1.82, 2.24) is 15.3 Å². The molecule has 0 radical (unpaired) electrons. The van der Waals surface area contributed by atoms with Gasteiger partial charge in [0.1, 0.15) is 16.0 Å². The molecular formula is C17H27BrN4O2. The number of amides is 1. The lowest BCUT2D eigenvalue weighted by Crippen LogP contribution is -2.42. The molecule has 1 aromatic rings. The van der Waals surface area contributed by atoms with Gasteiger partial charge < -0.3 is 15.0 Å². The molecule has 0 aliphatic heterocycles. The molecule has 24 heavy (non-hydrogen) atoms. The van der Waals surface area contributed by atoms with Crippen molar-refractivity contribution >= 4 is 27.8 Å². The minimum absolute atomic E-state index is 0.217. The summed E-state index contributed by atoms with van der Waals surface area (Å²) in [5.41, 5.74) is -0.449. The number of rotatable bonds is 4.